The number of hydrogen-bond donors (Lipinski definition) is 1. The van der Waals surface area contributed by atoms with E-state index in [0.29, 0.717) is 17.5 Å². The van der Waals surface area contributed by atoms with Crippen LogP contribution in [0.15, 0.2) is 76.5 Å². The lowest BCUT2D eigenvalue weighted by Crippen LogP contribution is -2.40. The van der Waals surface area contributed by atoms with Gasteiger partial charge in [-0.05, 0) is 48.5 Å². The lowest BCUT2D eigenvalue weighted by atomic mass is 10.3. The SMILES string of the molecule is COc1ccc(S(=O)(=O)N(CC(=O)Nc2ccc(S(=O)(=O)N3CCOCC3)cc2)c2ccccc2F)cc1OC. The quantitative estimate of drug-likeness (QED) is 0.380. The summed E-state index contributed by atoms with van der Waals surface area (Å²) in [5.74, 6) is -1.21. The maximum absolute atomic E-state index is 14.8. The predicted octanol–water partition coefficient (Wildman–Crippen LogP) is 2.70. The first kappa shape index (κ1) is 29.3. The minimum Gasteiger partial charge on any atom is -0.493 e. The van der Waals surface area contributed by atoms with E-state index < -0.39 is 38.3 Å². The first-order chi connectivity index (χ1) is 19.1. The number of benzene rings is 3. The Balaban J connectivity index is 1.58. The van der Waals surface area contributed by atoms with E-state index in [4.69, 9.17) is 14.2 Å². The molecular weight excluding hydrogens is 565 g/mol. The molecule has 0 atom stereocenters. The summed E-state index contributed by atoms with van der Waals surface area (Å²) in [7, 11) is -5.46. The molecule has 1 fully saturated rings. The summed E-state index contributed by atoms with van der Waals surface area (Å²) in [5, 5.41) is 2.54. The van der Waals surface area contributed by atoms with Crippen LogP contribution in [0, 0.1) is 5.82 Å². The zero-order valence-electron chi connectivity index (χ0n) is 21.7. The fourth-order valence-corrected chi connectivity index (χ4v) is 6.89. The molecule has 14 heteroatoms. The zero-order chi connectivity index (χ0) is 28.9. The molecule has 0 saturated carbocycles. The fourth-order valence-electron chi connectivity index (χ4n) is 4.04. The van der Waals surface area contributed by atoms with Crippen LogP contribution in [0.3, 0.4) is 0 Å². The molecule has 1 N–H and O–H groups in total. The molecule has 1 amide bonds. The molecule has 0 unspecified atom stereocenters. The Labute approximate surface area is 232 Å². The molecule has 0 aromatic heterocycles. The van der Waals surface area contributed by atoms with E-state index in [0.717, 1.165) is 6.07 Å². The molecule has 3 aromatic rings. The van der Waals surface area contributed by atoms with Gasteiger partial charge in [0, 0.05) is 24.8 Å². The monoisotopic (exact) mass is 593 g/mol. The topological polar surface area (TPSA) is 132 Å². The summed E-state index contributed by atoms with van der Waals surface area (Å²) in [6, 6.07) is 14.5. The number of para-hydroxylation sites is 1. The molecule has 1 heterocycles. The lowest BCUT2D eigenvalue weighted by Gasteiger charge is -2.26. The molecular formula is C26H28FN3O8S2. The van der Waals surface area contributed by atoms with Gasteiger partial charge in [-0.25, -0.2) is 21.2 Å². The van der Waals surface area contributed by atoms with Crippen LogP contribution in [0.1, 0.15) is 0 Å². The second-order valence-electron chi connectivity index (χ2n) is 8.57. The third kappa shape index (κ3) is 6.20. The van der Waals surface area contributed by atoms with Crippen LogP contribution >= 0.6 is 0 Å². The normalized spacial score (nSPS) is 14.4. The molecule has 11 nitrogen and oxygen atoms in total. The van der Waals surface area contributed by atoms with Gasteiger partial charge in [0.05, 0.1) is 42.9 Å². The molecule has 1 aliphatic heterocycles. The van der Waals surface area contributed by atoms with Gasteiger partial charge < -0.3 is 19.5 Å². The number of methoxy groups -OCH3 is 2. The van der Waals surface area contributed by atoms with Gasteiger partial charge in [-0.3, -0.25) is 9.10 Å². The van der Waals surface area contributed by atoms with E-state index in [9.17, 15) is 26.0 Å². The average molecular weight is 594 g/mol. The van der Waals surface area contributed by atoms with Crippen molar-refractivity contribution in [1.29, 1.82) is 0 Å². The van der Waals surface area contributed by atoms with Crippen molar-refractivity contribution in [3.63, 3.8) is 0 Å². The van der Waals surface area contributed by atoms with Crippen LogP contribution < -0.4 is 19.1 Å². The standard InChI is InChI=1S/C26H28FN3O8S2/c1-36-24-12-11-21(17-25(24)37-2)40(34,35)30(23-6-4-3-5-22(23)27)18-26(31)28-19-7-9-20(10-8-19)39(32,33)29-13-15-38-16-14-29/h3-12,17H,13-16,18H2,1-2H3,(H,28,31). The number of carbonyl (C=O) groups excluding carboxylic acids is 1. The number of halogens is 1. The van der Waals surface area contributed by atoms with E-state index >= 15 is 0 Å². The number of sulfonamides is 2. The van der Waals surface area contributed by atoms with Gasteiger partial charge in [0.1, 0.15) is 12.4 Å². The van der Waals surface area contributed by atoms with E-state index in [2.05, 4.69) is 5.32 Å². The Morgan fingerprint density at radius 3 is 2.17 bits per heavy atom. The van der Waals surface area contributed by atoms with Gasteiger partial charge in [-0.1, -0.05) is 12.1 Å². The Hall–Kier alpha value is -3.72. The first-order valence-corrected chi connectivity index (χ1v) is 14.9. The third-order valence-corrected chi connectivity index (χ3v) is 9.77. The summed E-state index contributed by atoms with van der Waals surface area (Å²) in [5.41, 5.74) is -0.109. The average Bonchev–Trinajstić information content (AvgIpc) is 2.96. The molecule has 0 aliphatic carbocycles. The van der Waals surface area contributed by atoms with Crippen molar-refractivity contribution in [2.45, 2.75) is 9.79 Å². The lowest BCUT2D eigenvalue weighted by molar-refractivity contribution is -0.114. The van der Waals surface area contributed by atoms with Crippen LogP contribution in [0.4, 0.5) is 15.8 Å². The number of nitrogens with one attached hydrogen (secondary N) is 1. The van der Waals surface area contributed by atoms with E-state index in [1.54, 1.807) is 0 Å². The van der Waals surface area contributed by atoms with E-state index in [1.165, 1.54) is 79.2 Å². The minimum absolute atomic E-state index is 0.0383. The largest absolute Gasteiger partial charge is 0.493 e. The molecule has 0 spiro atoms. The summed E-state index contributed by atoms with van der Waals surface area (Å²) in [6.07, 6.45) is 0. The van der Waals surface area contributed by atoms with Crippen molar-refractivity contribution < 1.29 is 40.2 Å². The second-order valence-corrected chi connectivity index (χ2v) is 12.4. The van der Waals surface area contributed by atoms with Crippen molar-refractivity contribution in [3.05, 3.63) is 72.5 Å². The fraction of sp³-hybridized carbons (Fsp3) is 0.269. The Kier molecular flexibility index (Phi) is 8.93. The van der Waals surface area contributed by atoms with Crippen molar-refractivity contribution in [3.8, 4) is 11.5 Å². The highest BCUT2D eigenvalue weighted by Crippen LogP contribution is 2.33. The van der Waals surface area contributed by atoms with Crippen molar-refractivity contribution in [2.75, 3.05) is 56.7 Å². The number of ether oxygens (including phenoxy) is 3. The Morgan fingerprint density at radius 1 is 0.925 bits per heavy atom. The Bertz CT molecular complexity index is 1580. The highest BCUT2D eigenvalue weighted by molar-refractivity contribution is 7.92. The van der Waals surface area contributed by atoms with Crippen molar-refractivity contribution in [2.24, 2.45) is 0 Å². The molecule has 3 aromatic carbocycles. The zero-order valence-corrected chi connectivity index (χ0v) is 23.4. The van der Waals surface area contributed by atoms with Gasteiger partial charge >= 0.3 is 0 Å². The predicted molar refractivity (Wildman–Crippen MR) is 145 cm³/mol. The molecule has 40 heavy (non-hydrogen) atoms. The van der Waals surface area contributed by atoms with E-state index in [1.807, 2.05) is 0 Å². The number of morpholine rings is 1. The number of carbonyl (C=O) groups is 1. The highest BCUT2D eigenvalue weighted by atomic mass is 32.2. The van der Waals surface area contributed by atoms with Crippen molar-refractivity contribution >= 4 is 37.3 Å². The molecule has 1 saturated heterocycles. The van der Waals surface area contributed by atoms with Crippen LogP contribution in [0.2, 0.25) is 0 Å². The van der Waals surface area contributed by atoms with Gasteiger partial charge in [0.25, 0.3) is 10.0 Å². The molecule has 214 valence electrons. The van der Waals surface area contributed by atoms with Gasteiger partial charge in [-0.2, -0.15) is 4.31 Å². The number of amides is 1. The number of anilines is 2. The van der Waals surface area contributed by atoms with Crippen LogP contribution in [-0.4, -0.2) is 74.1 Å². The third-order valence-electron chi connectivity index (χ3n) is 6.10. The maximum atomic E-state index is 14.8. The van der Waals surface area contributed by atoms with E-state index in [-0.39, 0.29) is 45.8 Å². The molecule has 0 radical (unpaired) electrons. The molecule has 1 aliphatic rings. The second kappa shape index (κ2) is 12.2. The van der Waals surface area contributed by atoms with Gasteiger partial charge in [0.2, 0.25) is 15.9 Å². The molecule has 0 bridgehead atoms. The van der Waals surface area contributed by atoms with Crippen molar-refractivity contribution in [1.82, 2.24) is 4.31 Å². The van der Waals surface area contributed by atoms with Gasteiger partial charge in [-0.15, -0.1) is 0 Å². The number of hydrogen-bond acceptors (Lipinski definition) is 8. The summed E-state index contributed by atoms with van der Waals surface area (Å²) < 4.78 is 85.3. The van der Waals surface area contributed by atoms with Crippen LogP contribution in [0.25, 0.3) is 0 Å². The minimum atomic E-state index is -4.46. The molecule has 4 rings (SSSR count). The maximum Gasteiger partial charge on any atom is 0.265 e. The summed E-state index contributed by atoms with van der Waals surface area (Å²) >= 11 is 0. The van der Waals surface area contributed by atoms with Crippen LogP contribution in [-0.2, 0) is 29.6 Å². The van der Waals surface area contributed by atoms with Crippen LogP contribution in [0.5, 0.6) is 11.5 Å². The summed E-state index contributed by atoms with van der Waals surface area (Å²) in [6.45, 7) is 0.310. The highest BCUT2D eigenvalue weighted by Gasteiger charge is 2.30. The smallest absolute Gasteiger partial charge is 0.265 e. The number of rotatable bonds is 10. The number of nitrogens with zero attached hydrogens (tertiary/aromatic N) is 2. The Morgan fingerprint density at radius 2 is 1.55 bits per heavy atom. The first-order valence-electron chi connectivity index (χ1n) is 12.0. The van der Waals surface area contributed by atoms with Gasteiger partial charge in [0.15, 0.2) is 11.5 Å². The summed E-state index contributed by atoms with van der Waals surface area (Å²) in [4.78, 5) is 12.8.